The van der Waals surface area contributed by atoms with Crippen molar-refractivity contribution in [3.05, 3.63) is 22.4 Å². The van der Waals surface area contributed by atoms with Gasteiger partial charge >= 0.3 is 12.3 Å². The van der Waals surface area contributed by atoms with Crippen LogP contribution in [0.4, 0.5) is 17.6 Å². The molecule has 0 aromatic carbocycles. The number of carbonyl (C=O) groups excluding carboxylic acids is 1. The van der Waals surface area contributed by atoms with Gasteiger partial charge in [0.1, 0.15) is 5.69 Å². The van der Waals surface area contributed by atoms with Crippen LogP contribution in [0.15, 0.2) is 16.7 Å². The van der Waals surface area contributed by atoms with Crippen LogP contribution >= 0.6 is 15.9 Å². The van der Waals surface area contributed by atoms with Gasteiger partial charge in [0.15, 0.2) is 0 Å². The Morgan fingerprint density at radius 1 is 1.53 bits per heavy atom. The number of nitrogens with one attached hydrogen (secondary N) is 1. The summed E-state index contributed by atoms with van der Waals surface area (Å²) in [5, 5.41) is 1.82. The Hall–Kier alpha value is -1.05. The third-order valence-electron chi connectivity index (χ3n) is 2.36. The number of nitrogens with zero attached hydrogens (tertiary/aromatic N) is 1. The number of hydrogen-bond donors (Lipinski definition) is 1. The highest BCUT2D eigenvalue weighted by Crippen LogP contribution is 2.22. The van der Waals surface area contributed by atoms with E-state index in [4.69, 9.17) is 0 Å². The SMILES string of the molecule is CCCn1cc(Br)cc1C(=O)NCC(F)(F)C(F)F. The maximum Gasteiger partial charge on any atom is 0.324 e. The Labute approximate surface area is 116 Å². The molecule has 1 amide bonds. The number of aryl methyl sites for hydroxylation is 1. The Bertz CT molecular complexity index is 448. The average Bonchev–Trinajstić information content (AvgIpc) is 2.68. The van der Waals surface area contributed by atoms with Gasteiger partial charge in [-0.1, -0.05) is 6.92 Å². The summed E-state index contributed by atoms with van der Waals surface area (Å²) in [6.07, 6.45) is -1.43. The zero-order valence-corrected chi connectivity index (χ0v) is 11.7. The van der Waals surface area contributed by atoms with Crippen LogP contribution in [0.25, 0.3) is 0 Å². The molecule has 19 heavy (non-hydrogen) atoms. The molecule has 0 spiro atoms. The number of halogens is 5. The van der Waals surface area contributed by atoms with Crippen molar-refractivity contribution in [1.29, 1.82) is 0 Å². The molecule has 0 aliphatic rings. The van der Waals surface area contributed by atoms with E-state index < -0.39 is 24.8 Å². The molecular formula is C11H13BrF4N2O. The fourth-order valence-corrected chi connectivity index (χ4v) is 1.92. The predicted molar refractivity (Wildman–Crippen MR) is 65.7 cm³/mol. The molecule has 0 atom stereocenters. The molecule has 0 saturated carbocycles. The van der Waals surface area contributed by atoms with Crippen molar-refractivity contribution in [3.63, 3.8) is 0 Å². The third kappa shape index (κ3) is 4.22. The van der Waals surface area contributed by atoms with Gasteiger partial charge in [-0.3, -0.25) is 4.79 Å². The molecule has 0 fully saturated rings. The second kappa shape index (κ2) is 6.40. The summed E-state index contributed by atoms with van der Waals surface area (Å²) in [4.78, 5) is 11.7. The van der Waals surface area contributed by atoms with Gasteiger partial charge in [-0.2, -0.15) is 8.78 Å². The fourth-order valence-electron chi connectivity index (χ4n) is 1.46. The van der Waals surface area contributed by atoms with E-state index in [0.717, 1.165) is 6.42 Å². The monoisotopic (exact) mass is 344 g/mol. The van der Waals surface area contributed by atoms with E-state index in [1.54, 1.807) is 10.8 Å². The molecule has 1 aromatic heterocycles. The third-order valence-corrected chi connectivity index (χ3v) is 2.80. The molecular weight excluding hydrogens is 332 g/mol. The lowest BCUT2D eigenvalue weighted by atomic mass is 10.3. The summed E-state index contributed by atoms with van der Waals surface area (Å²) < 4.78 is 51.5. The van der Waals surface area contributed by atoms with Crippen molar-refractivity contribution in [2.45, 2.75) is 32.2 Å². The molecule has 0 unspecified atom stereocenters. The van der Waals surface area contributed by atoms with Crippen LogP contribution in [0, 0.1) is 0 Å². The van der Waals surface area contributed by atoms with Gasteiger partial charge in [0.05, 0.1) is 6.54 Å². The quantitative estimate of drug-likeness (QED) is 0.789. The van der Waals surface area contributed by atoms with E-state index in [9.17, 15) is 22.4 Å². The van der Waals surface area contributed by atoms with E-state index in [1.807, 2.05) is 12.2 Å². The summed E-state index contributed by atoms with van der Waals surface area (Å²) in [5.41, 5.74) is 0.152. The number of amides is 1. The lowest BCUT2D eigenvalue weighted by Gasteiger charge is -2.16. The molecule has 0 saturated heterocycles. The number of rotatable bonds is 6. The Morgan fingerprint density at radius 2 is 2.16 bits per heavy atom. The molecule has 3 nitrogen and oxygen atoms in total. The van der Waals surface area contributed by atoms with Crippen LogP contribution in [0.5, 0.6) is 0 Å². The van der Waals surface area contributed by atoms with Crippen LogP contribution in [-0.4, -0.2) is 29.4 Å². The zero-order chi connectivity index (χ0) is 14.6. The van der Waals surface area contributed by atoms with Gasteiger partial charge in [0.25, 0.3) is 5.91 Å². The van der Waals surface area contributed by atoms with Gasteiger partial charge in [0.2, 0.25) is 0 Å². The second-order valence-corrected chi connectivity index (χ2v) is 4.90. The van der Waals surface area contributed by atoms with Gasteiger partial charge in [-0.05, 0) is 28.4 Å². The Morgan fingerprint density at radius 3 is 2.68 bits per heavy atom. The minimum absolute atomic E-state index is 0.152. The van der Waals surface area contributed by atoms with Crippen molar-refractivity contribution in [3.8, 4) is 0 Å². The van der Waals surface area contributed by atoms with Gasteiger partial charge < -0.3 is 9.88 Å². The van der Waals surface area contributed by atoms with E-state index in [-0.39, 0.29) is 5.69 Å². The molecule has 8 heteroatoms. The minimum atomic E-state index is -4.23. The van der Waals surface area contributed by atoms with Crippen molar-refractivity contribution in [2.75, 3.05) is 6.54 Å². The first-order valence-electron chi connectivity index (χ1n) is 5.57. The lowest BCUT2D eigenvalue weighted by molar-refractivity contribution is -0.123. The largest absolute Gasteiger partial charge is 0.344 e. The highest BCUT2D eigenvalue weighted by atomic mass is 79.9. The summed E-state index contributed by atoms with van der Waals surface area (Å²) in [7, 11) is 0. The molecule has 0 radical (unpaired) electrons. The molecule has 1 N–H and O–H groups in total. The van der Waals surface area contributed by atoms with Crippen molar-refractivity contribution in [2.24, 2.45) is 0 Å². The predicted octanol–water partition coefficient (Wildman–Crippen LogP) is 3.29. The van der Waals surface area contributed by atoms with Crippen molar-refractivity contribution >= 4 is 21.8 Å². The second-order valence-electron chi connectivity index (χ2n) is 3.98. The number of aromatic nitrogens is 1. The normalized spacial score (nSPS) is 11.9. The summed E-state index contributed by atoms with van der Waals surface area (Å²) in [6.45, 7) is 1.03. The topological polar surface area (TPSA) is 34.0 Å². The highest BCUT2D eigenvalue weighted by Gasteiger charge is 2.41. The molecule has 1 aromatic rings. The van der Waals surface area contributed by atoms with E-state index >= 15 is 0 Å². The first-order valence-corrected chi connectivity index (χ1v) is 6.37. The summed E-state index contributed by atoms with van der Waals surface area (Å²) in [6, 6.07) is 1.45. The van der Waals surface area contributed by atoms with E-state index in [1.165, 1.54) is 6.07 Å². The Balaban J connectivity index is 2.73. The average molecular weight is 345 g/mol. The standard InChI is InChI=1S/C11H13BrF4N2O/c1-2-3-18-5-7(12)4-8(18)9(19)17-6-11(15,16)10(13)14/h4-5,10H,2-3,6H2,1H3,(H,17,19). The molecule has 0 aliphatic heterocycles. The van der Waals surface area contributed by atoms with Crippen LogP contribution in [-0.2, 0) is 6.54 Å². The van der Waals surface area contributed by atoms with Crippen molar-refractivity contribution < 1.29 is 22.4 Å². The highest BCUT2D eigenvalue weighted by molar-refractivity contribution is 9.10. The van der Waals surface area contributed by atoms with Gasteiger partial charge in [0, 0.05) is 17.2 Å². The molecule has 0 aliphatic carbocycles. The van der Waals surface area contributed by atoms with Crippen LogP contribution < -0.4 is 5.32 Å². The first kappa shape index (κ1) is 16.0. The molecule has 108 valence electrons. The van der Waals surface area contributed by atoms with Gasteiger partial charge in [-0.15, -0.1) is 0 Å². The summed E-state index contributed by atoms with van der Waals surface area (Å²) in [5.74, 6) is -5.03. The first-order chi connectivity index (χ1) is 8.77. The minimum Gasteiger partial charge on any atom is -0.344 e. The molecule has 1 heterocycles. The number of alkyl halides is 4. The maximum absolute atomic E-state index is 12.7. The molecule has 1 rings (SSSR count). The van der Waals surface area contributed by atoms with Gasteiger partial charge in [-0.25, -0.2) is 8.78 Å². The summed E-state index contributed by atoms with van der Waals surface area (Å²) >= 11 is 3.17. The maximum atomic E-state index is 12.7. The van der Waals surface area contributed by atoms with E-state index in [0.29, 0.717) is 11.0 Å². The van der Waals surface area contributed by atoms with Crippen LogP contribution in [0.3, 0.4) is 0 Å². The fraction of sp³-hybridized carbons (Fsp3) is 0.545. The molecule has 0 bridgehead atoms. The van der Waals surface area contributed by atoms with Crippen LogP contribution in [0.1, 0.15) is 23.8 Å². The van der Waals surface area contributed by atoms with Crippen molar-refractivity contribution in [1.82, 2.24) is 9.88 Å². The van der Waals surface area contributed by atoms with Crippen LogP contribution in [0.2, 0.25) is 0 Å². The smallest absolute Gasteiger partial charge is 0.324 e. The Kier molecular flexibility index (Phi) is 5.39. The number of carbonyl (C=O) groups is 1. The zero-order valence-electron chi connectivity index (χ0n) is 10.1. The number of hydrogen-bond acceptors (Lipinski definition) is 1. The van der Waals surface area contributed by atoms with E-state index in [2.05, 4.69) is 15.9 Å². The lowest BCUT2D eigenvalue weighted by Crippen LogP contribution is -2.41.